The van der Waals surface area contributed by atoms with Crippen LogP contribution in [0.1, 0.15) is 30.5 Å². The summed E-state index contributed by atoms with van der Waals surface area (Å²) in [6, 6.07) is 16.8. The van der Waals surface area contributed by atoms with Crippen molar-refractivity contribution < 1.29 is 9.90 Å². The highest BCUT2D eigenvalue weighted by atomic mass is 16.3. The van der Waals surface area contributed by atoms with E-state index in [0.717, 1.165) is 11.3 Å². The first-order valence-electron chi connectivity index (χ1n) is 6.87. The summed E-state index contributed by atoms with van der Waals surface area (Å²) in [6.07, 6.45) is 0.598. The second kappa shape index (κ2) is 5.40. The first-order chi connectivity index (χ1) is 10.2. The number of carbonyl (C=O) groups is 1. The number of rotatable bonds is 2. The van der Waals surface area contributed by atoms with Crippen LogP contribution in [0.5, 0.6) is 5.75 Å². The first-order valence-corrected chi connectivity index (χ1v) is 6.87. The molecule has 0 saturated heterocycles. The maximum Gasteiger partial charge on any atom is 0.240 e. The van der Waals surface area contributed by atoms with Crippen molar-refractivity contribution >= 4 is 11.6 Å². The number of para-hydroxylation sites is 1. The molecule has 2 aromatic rings. The van der Waals surface area contributed by atoms with E-state index >= 15 is 0 Å². The Morgan fingerprint density at radius 1 is 1.14 bits per heavy atom. The predicted molar refractivity (Wildman–Crippen MR) is 81.0 cm³/mol. The van der Waals surface area contributed by atoms with Crippen molar-refractivity contribution in [2.75, 3.05) is 0 Å². The lowest BCUT2D eigenvalue weighted by molar-refractivity contribution is -0.130. The third-order valence-electron chi connectivity index (χ3n) is 3.63. The van der Waals surface area contributed by atoms with E-state index in [1.807, 2.05) is 42.5 Å². The monoisotopic (exact) mass is 280 g/mol. The summed E-state index contributed by atoms with van der Waals surface area (Å²) in [7, 11) is 0. The van der Waals surface area contributed by atoms with Gasteiger partial charge in [-0.05, 0) is 17.7 Å². The molecule has 0 saturated carbocycles. The zero-order valence-corrected chi connectivity index (χ0v) is 11.7. The van der Waals surface area contributed by atoms with Gasteiger partial charge in [-0.1, -0.05) is 42.5 Å². The van der Waals surface area contributed by atoms with Gasteiger partial charge < -0.3 is 5.11 Å². The van der Waals surface area contributed by atoms with Crippen LogP contribution < -0.4 is 0 Å². The van der Waals surface area contributed by atoms with Gasteiger partial charge >= 0.3 is 0 Å². The molecular formula is C17H16N2O2. The smallest absolute Gasteiger partial charge is 0.240 e. The van der Waals surface area contributed by atoms with Crippen LogP contribution in [0.15, 0.2) is 59.7 Å². The minimum atomic E-state index is -0.113. The van der Waals surface area contributed by atoms with Gasteiger partial charge in [-0.25, -0.2) is 5.01 Å². The van der Waals surface area contributed by atoms with Gasteiger partial charge in [0.05, 0.1) is 11.8 Å². The topological polar surface area (TPSA) is 52.9 Å². The van der Waals surface area contributed by atoms with Gasteiger partial charge in [0.2, 0.25) is 5.91 Å². The Balaban J connectivity index is 1.98. The molecule has 1 aliphatic heterocycles. The van der Waals surface area contributed by atoms with E-state index in [4.69, 9.17) is 0 Å². The molecular weight excluding hydrogens is 264 g/mol. The molecule has 0 bridgehead atoms. The highest BCUT2D eigenvalue weighted by Gasteiger charge is 2.31. The molecule has 2 aromatic carbocycles. The molecule has 21 heavy (non-hydrogen) atoms. The van der Waals surface area contributed by atoms with E-state index in [1.165, 1.54) is 11.9 Å². The van der Waals surface area contributed by atoms with Crippen LogP contribution in [-0.4, -0.2) is 21.7 Å². The number of phenols is 1. The molecule has 0 spiro atoms. The number of nitrogens with zero attached hydrogens (tertiary/aromatic N) is 2. The van der Waals surface area contributed by atoms with Gasteiger partial charge in [0.1, 0.15) is 5.75 Å². The lowest BCUT2D eigenvalue weighted by Crippen LogP contribution is -2.24. The summed E-state index contributed by atoms with van der Waals surface area (Å²) >= 11 is 0. The minimum absolute atomic E-state index is 0.103. The lowest BCUT2D eigenvalue weighted by Gasteiger charge is -2.20. The summed E-state index contributed by atoms with van der Waals surface area (Å²) in [5, 5.41) is 15.9. The number of phenolic OH excluding ortho intramolecular Hbond substituents is 1. The van der Waals surface area contributed by atoms with Gasteiger partial charge in [0.15, 0.2) is 0 Å². The fraction of sp³-hybridized carbons (Fsp3) is 0.176. The molecule has 1 N–H and O–H groups in total. The maximum atomic E-state index is 11.8. The third-order valence-corrected chi connectivity index (χ3v) is 3.63. The van der Waals surface area contributed by atoms with Crippen molar-refractivity contribution in [3.05, 3.63) is 65.7 Å². The van der Waals surface area contributed by atoms with Gasteiger partial charge in [0, 0.05) is 18.9 Å². The summed E-state index contributed by atoms with van der Waals surface area (Å²) < 4.78 is 0. The van der Waals surface area contributed by atoms with Crippen molar-refractivity contribution in [1.29, 1.82) is 0 Å². The molecule has 0 fully saturated rings. The average Bonchev–Trinajstić information content (AvgIpc) is 2.94. The number of hydrogen-bond acceptors (Lipinski definition) is 3. The van der Waals surface area contributed by atoms with Crippen LogP contribution in [0, 0.1) is 0 Å². The molecule has 0 unspecified atom stereocenters. The molecule has 1 atom stereocenters. The molecule has 1 amide bonds. The lowest BCUT2D eigenvalue weighted by atomic mass is 9.98. The normalized spacial score (nSPS) is 17.7. The number of hydrazone groups is 1. The van der Waals surface area contributed by atoms with E-state index < -0.39 is 0 Å². The fourth-order valence-corrected chi connectivity index (χ4v) is 2.62. The SMILES string of the molecule is CC(=O)N1N=C(c2ccccc2O)C[C@@H]1c1ccccc1. The fourth-order valence-electron chi connectivity index (χ4n) is 2.62. The molecule has 0 aromatic heterocycles. The Kier molecular flexibility index (Phi) is 3.44. The second-order valence-corrected chi connectivity index (χ2v) is 5.06. The summed E-state index contributed by atoms with van der Waals surface area (Å²) in [4.78, 5) is 11.8. The van der Waals surface area contributed by atoms with Crippen molar-refractivity contribution in [2.24, 2.45) is 5.10 Å². The number of benzene rings is 2. The van der Waals surface area contributed by atoms with Crippen LogP contribution in [0.25, 0.3) is 0 Å². The quantitative estimate of drug-likeness (QED) is 0.919. The van der Waals surface area contributed by atoms with E-state index in [9.17, 15) is 9.90 Å². The average molecular weight is 280 g/mol. The molecule has 3 rings (SSSR count). The van der Waals surface area contributed by atoms with Crippen molar-refractivity contribution in [3.63, 3.8) is 0 Å². The second-order valence-electron chi connectivity index (χ2n) is 5.06. The third kappa shape index (κ3) is 2.52. The van der Waals surface area contributed by atoms with Crippen LogP contribution in [0.3, 0.4) is 0 Å². The molecule has 0 aliphatic carbocycles. The zero-order valence-electron chi connectivity index (χ0n) is 11.7. The highest BCUT2D eigenvalue weighted by Crippen LogP contribution is 2.34. The van der Waals surface area contributed by atoms with E-state index in [0.29, 0.717) is 12.0 Å². The minimum Gasteiger partial charge on any atom is -0.507 e. The Bertz CT molecular complexity index is 695. The molecule has 0 radical (unpaired) electrons. The number of hydrogen-bond donors (Lipinski definition) is 1. The van der Waals surface area contributed by atoms with Crippen LogP contribution in [-0.2, 0) is 4.79 Å². The van der Waals surface area contributed by atoms with Gasteiger partial charge in [-0.15, -0.1) is 0 Å². The molecule has 106 valence electrons. The number of amides is 1. The Morgan fingerprint density at radius 3 is 2.48 bits per heavy atom. The van der Waals surface area contributed by atoms with Crippen LogP contribution in [0.4, 0.5) is 0 Å². The van der Waals surface area contributed by atoms with Gasteiger partial charge in [-0.3, -0.25) is 4.79 Å². The molecule has 1 aliphatic rings. The van der Waals surface area contributed by atoms with Crippen LogP contribution >= 0.6 is 0 Å². The largest absolute Gasteiger partial charge is 0.507 e. The standard InChI is InChI=1S/C17H16N2O2/c1-12(20)19-16(13-7-3-2-4-8-13)11-15(18-19)14-9-5-6-10-17(14)21/h2-10,16,21H,11H2,1H3/t16-/m1/s1. The maximum absolute atomic E-state index is 11.8. The Hall–Kier alpha value is -2.62. The van der Waals surface area contributed by atoms with Crippen molar-refractivity contribution in [2.45, 2.75) is 19.4 Å². The van der Waals surface area contributed by atoms with Crippen LogP contribution in [0.2, 0.25) is 0 Å². The first kappa shape index (κ1) is 13.4. The summed E-state index contributed by atoms with van der Waals surface area (Å²) in [6.45, 7) is 1.51. The molecule has 4 nitrogen and oxygen atoms in total. The summed E-state index contributed by atoms with van der Waals surface area (Å²) in [5.74, 6) is 0.0859. The Morgan fingerprint density at radius 2 is 1.81 bits per heavy atom. The van der Waals surface area contributed by atoms with Crippen molar-refractivity contribution in [3.8, 4) is 5.75 Å². The number of aromatic hydroxyl groups is 1. The van der Waals surface area contributed by atoms with E-state index in [2.05, 4.69) is 5.10 Å². The Labute approximate surface area is 123 Å². The molecule has 4 heteroatoms. The van der Waals surface area contributed by atoms with Gasteiger partial charge in [0.25, 0.3) is 0 Å². The molecule has 1 heterocycles. The highest BCUT2D eigenvalue weighted by molar-refractivity contribution is 6.05. The van der Waals surface area contributed by atoms with E-state index in [-0.39, 0.29) is 17.7 Å². The zero-order chi connectivity index (χ0) is 14.8. The summed E-state index contributed by atoms with van der Waals surface area (Å²) in [5.41, 5.74) is 2.46. The van der Waals surface area contributed by atoms with Gasteiger partial charge in [-0.2, -0.15) is 5.10 Å². The van der Waals surface area contributed by atoms with Crippen molar-refractivity contribution in [1.82, 2.24) is 5.01 Å². The predicted octanol–water partition coefficient (Wildman–Crippen LogP) is 3.09. The van der Waals surface area contributed by atoms with E-state index in [1.54, 1.807) is 12.1 Å². The number of carbonyl (C=O) groups excluding carboxylic acids is 1.